The van der Waals surface area contributed by atoms with E-state index in [9.17, 15) is 4.79 Å². The summed E-state index contributed by atoms with van der Waals surface area (Å²) in [4.78, 5) is 17.6. The number of hydrogen-bond acceptors (Lipinski definition) is 2. The van der Waals surface area contributed by atoms with Crippen molar-refractivity contribution >= 4 is 16.8 Å². The first kappa shape index (κ1) is 15.7. The minimum absolute atomic E-state index is 0.111. The minimum atomic E-state index is -0.111. The maximum absolute atomic E-state index is 12.8. The van der Waals surface area contributed by atoms with Crippen molar-refractivity contribution in [2.24, 2.45) is 0 Å². The Morgan fingerprint density at radius 1 is 1.21 bits per heavy atom. The van der Waals surface area contributed by atoms with Crippen LogP contribution in [0.4, 0.5) is 0 Å². The second kappa shape index (κ2) is 6.93. The van der Waals surface area contributed by atoms with Crippen molar-refractivity contribution in [1.82, 2.24) is 9.88 Å². The molecule has 4 heteroatoms. The number of rotatable bonds is 5. The summed E-state index contributed by atoms with van der Waals surface area (Å²) in [6.07, 6.45) is 5.45. The van der Waals surface area contributed by atoms with Gasteiger partial charge in [0, 0.05) is 17.4 Å². The molecule has 2 aromatic carbocycles. The summed E-state index contributed by atoms with van der Waals surface area (Å²) >= 11 is 0. The van der Waals surface area contributed by atoms with Crippen molar-refractivity contribution in [1.29, 1.82) is 0 Å². The summed E-state index contributed by atoms with van der Waals surface area (Å²) < 4.78 is 5.15. The van der Waals surface area contributed by atoms with Gasteiger partial charge in [0.05, 0.1) is 13.7 Å². The summed E-state index contributed by atoms with van der Waals surface area (Å²) in [5.74, 6) is 3.23. The summed E-state index contributed by atoms with van der Waals surface area (Å²) in [5, 5.41) is 1.01. The molecule has 0 aliphatic carbocycles. The first-order valence-electron chi connectivity index (χ1n) is 7.64. The topological polar surface area (TPSA) is 45.3 Å². The van der Waals surface area contributed by atoms with Crippen molar-refractivity contribution in [2.75, 3.05) is 13.7 Å². The zero-order chi connectivity index (χ0) is 16.9. The standard InChI is InChI=1S/C20H18N2O2/c1-3-12-22(14-15-8-10-17(24-2)11-9-15)20(23)19-13-16-6-4-5-7-18(16)21-19/h1,4-11,13,21H,12,14H2,2H3. The molecule has 0 atom stereocenters. The molecule has 24 heavy (non-hydrogen) atoms. The number of carbonyl (C=O) groups is 1. The number of nitrogens with one attached hydrogen (secondary N) is 1. The third-order valence-corrected chi connectivity index (χ3v) is 3.86. The van der Waals surface area contributed by atoms with E-state index in [-0.39, 0.29) is 12.5 Å². The smallest absolute Gasteiger partial charge is 0.271 e. The molecule has 0 radical (unpaired) electrons. The van der Waals surface area contributed by atoms with E-state index in [1.807, 2.05) is 54.6 Å². The van der Waals surface area contributed by atoms with Crippen LogP contribution in [-0.4, -0.2) is 29.4 Å². The van der Waals surface area contributed by atoms with Crippen LogP contribution in [0.2, 0.25) is 0 Å². The lowest BCUT2D eigenvalue weighted by Crippen LogP contribution is -2.31. The fourth-order valence-electron chi connectivity index (χ4n) is 2.62. The number of H-pyrrole nitrogens is 1. The molecule has 0 bridgehead atoms. The lowest BCUT2D eigenvalue weighted by Gasteiger charge is -2.19. The number of nitrogens with zero attached hydrogens (tertiary/aromatic N) is 1. The number of methoxy groups -OCH3 is 1. The zero-order valence-corrected chi connectivity index (χ0v) is 13.5. The fraction of sp³-hybridized carbons (Fsp3) is 0.150. The van der Waals surface area contributed by atoms with E-state index in [4.69, 9.17) is 11.2 Å². The number of benzene rings is 2. The van der Waals surface area contributed by atoms with E-state index >= 15 is 0 Å². The monoisotopic (exact) mass is 318 g/mol. The molecule has 1 aromatic heterocycles. The quantitative estimate of drug-likeness (QED) is 0.732. The number of aromatic amines is 1. The second-order valence-corrected chi connectivity index (χ2v) is 5.48. The SMILES string of the molecule is C#CCN(Cc1ccc(OC)cc1)C(=O)c1cc2ccccc2[nH]1. The molecule has 1 N–H and O–H groups in total. The molecule has 4 nitrogen and oxygen atoms in total. The maximum atomic E-state index is 12.8. The van der Waals surface area contributed by atoms with Gasteiger partial charge in [-0.2, -0.15) is 0 Å². The summed E-state index contributed by atoms with van der Waals surface area (Å²) in [7, 11) is 1.62. The molecule has 3 rings (SSSR count). The number of para-hydroxylation sites is 1. The van der Waals surface area contributed by atoms with E-state index in [0.29, 0.717) is 12.2 Å². The molecular weight excluding hydrogens is 300 g/mol. The van der Waals surface area contributed by atoms with E-state index < -0.39 is 0 Å². The van der Waals surface area contributed by atoms with Crippen LogP contribution in [0.3, 0.4) is 0 Å². The van der Waals surface area contributed by atoms with Crippen LogP contribution in [0.1, 0.15) is 16.1 Å². The number of carbonyl (C=O) groups excluding carboxylic acids is 1. The second-order valence-electron chi connectivity index (χ2n) is 5.48. The van der Waals surface area contributed by atoms with Gasteiger partial charge in [-0.15, -0.1) is 6.42 Å². The van der Waals surface area contributed by atoms with Crippen molar-refractivity contribution in [2.45, 2.75) is 6.54 Å². The molecular formula is C20H18N2O2. The Balaban J connectivity index is 1.83. The predicted molar refractivity (Wildman–Crippen MR) is 94.9 cm³/mol. The van der Waals surface area contributed by atoms with E-state index in [1.165, 1.54) is 0 Å². The van der Waals surface area contributed by atoms with Gasteiger partial charge in [-0.3, -0.25) is 4.79 Å². The Morgan fingerprint density at radius 3 is 2.62 bits per heavy atom. The molecule has 0 fully saturated rings. The molecule has 3 aromatic rings. The Morgan fingerprint density at radius 2 is 1.96 bits per heavy atom. The van der Waals surface area contributed by atoms with Gasteiger partial charge in [-0.25, -0.2) is 0 Å². The van der Waals surface area contributed by atoms with Crippen molar-refractivity contribution in [3.63, 3.8) is 0 Å². The van der Waals surface area contributed by atoms with Gasteiger partial charge in [0.25, 0.3) is 5.91 Å². The summed E-state index contributed by atoms with van der Waals surface area (Å²) in [6.45, 7) is 0.697. The molecule has 1 amide bonds. The van der Waals surface area contributed by atoms with Crippen LogP contribution >= 0.6 is 0 Å². The number of ether oxygens (including phenoxy) is 1. The highest BCUT2D eigenvalue weighted by Crippen LogP contribution is 2.18. The normalized spacial score (nSPS) is 10.3. The van der Waals surface area contributed by atoms with Crippen LogP contribution in [0.25, 0.3) is 10.9 Å². The lowest BCUT2D eigenvalue weighted by atomic mass is 10.2. The number of hydrogen-bond donors (Lipinski definition) is 1. The zero-order valence-electron chi connectivity index (χ0n) is 13.5. The fourth-order valence-corrected chi connectivity index (χ4v) is 2.62. The average molecular weight is 318 g/mol. The van der Waals surface area contributed by atoms with Crippen LogP contribution in [0, 0.1) is 12.3 Å². The third kappa shape index (κ3) is 3.26. The minimum Gasteiger partial charge on any atom is -0.497 e. The van der Waals surface area contributed by atoms with Gasteiger partial charge >= 0.3 is 0 Å². The third-order valence-electron chi connectivity index (χ3n) is 3.86. The Bertz CT molecular complexity index is 855. The highest BCUT2D eigenvalue weighted by molar-refractivity contribution is 5.98. The van der Waals surface area contributed by atoms with E-state index in [1.54, 1.807) is 12.0 Å². The van der Waals surface area contributed by atoms with Gasteiger partial charge in [0.1, 0.15) is 11.4 Å². The molecule has 0 saturated heterocycles. The summed E-state index contributed by atoms with van der Waals surface area (Å²) in [6, 6.07) is 17.3. The number of fused-ring (bicyclic) bond motifs is 1. The Hall–Kier alpha value is -3.19. The molecule has 0 spiro atoms. The van der Waals surface area contributed by atoms with Crippen molar-refractivity contribution < 1.29 is 9.53 Å². The molecule has 0 unspecified atom stereocenters. The van der Waals surface area contributed by atoms with Gasteiger partial charge in [0.2, 0.25) is 0 Å². The molecule has 1 heterocycles. The lowest BCUT2D eigenvalue weighted by molar-refractivity contribution is 0.0761. The first-order chi connectivity index (χ1) is 11.7. The summed E-state index contributed by atoms with van der Waals surface area (Å²) in [5.41, 5.74) is 2.47. The highest BCUT2D eigenvalue weighted by atomic mass is 16.5. The molecule has 0 saturated carbocycles. The maximum Gasteiger partial charge on any atom is 0.271 e. The van der Waals surface area contributed by atoms with Gasteiger partial charge in [0.15, 0.2) is 0 Å². The Kier molecular flexibility index (Phi) is 4.53. The average Bonchev–Trinajstić information content (AvgIpc) is 3.05. The number of amides is 1. The molecule has 0 aliphatic rings. The van der Waals surface area contributed by atoms with Gasteiger partial charge in [-0.1, -0.05) is 36.3 Å². The van der Waals surface area contributed by atoms with Crippen molar-refractivity contribution in [3.8, 4) is 18.1 Å². The molecule has 120 valence electrons. The van der Waals surface area contributed by atoms with Crippen LogP contribution in [0.5, 0.6) is 5.75 Å². The van der Waals surface area contributed by atoms with Crippen LogP contribution < -0.4 is 4.74 Å². The first-order valence-corrected chi connectivity index (χ1v) is 7.64. The predicted octanol–water partition coefficient (Wildman–Crippen LogP) is 3.45. The van der Waals surface area contributed by atoms with Gasteiger partial charge in [-0.05, 0) is 29.8 Å². The van der Waals surface area contributed by atoms with Crippen molar-refractivity contribution in [3.05, 3.63) is 65.9 Å². The van der Waals surface area contributed by atoms with Gasteiger partial charge < -0.3 is 14.6 Å². The van der Waals surface area contributed by atoms with Crippen LogP contribution in [0.15, 0.2) is 54.6 Å². The highest BCUT2D eigenvalue weighted by Gasteiger charge is 2.17. The molecule has 0 aliphatic heterocycles. The van der Waals surface area contributed by atoms with E-state index in [0.717, 1.165) is 22.2 Å². The number of aromatic nitrogens is 1. The van der Waals surface area contributed by atoms with E-state index in [2.05, 4.69) is 10.9 Å². The number of terminal acetylenes is 1. The largest absolute Gasteiger partial charge is 0.497 e. The Labute approximate surface area is 141 Å². The van der Waals surface area contributed by atoms with Crippen LogP contribution in [-0.2, 0) is 6.54 Å².